The predicted octanol–water partition coefficient (Wildman–Crippen LogP) is 5.09. The largest absolute Gasteiger partial charge is 0.462 e. The highest BCUT2D eigenvalue weighted by Crippen LogP contribution is 2.65. The van der Waals surface area contributed by atoms with E-state index in [9.17, 15) is 9.59 Å². The number of ketones is 1. The van der Waals surface area contributed by atoms with Gasteiger partial charge < -0.3 is 4.74 Å². The lowest BCUT2D eigenvalue weighted by Crippen LogP contribution is -2.51. The summed E-state index contributed by atoms with van der Waals surface area (Å²) >= 11 is 0. The maximum absolute atomic E-state index is 12.9. The Kier molecular flexibility index (Phi) is 2.78. The van der Waals surface area contributed by atoms with E-state index in [0.29, 0.717) is 24.7 Å². The summed E-state index contributed by atoms with van der Waals surface area (Å²) in [6.45, 7) is -2.29. The first kappa shape index (κ1) is 11.7. The van der Waals surface area contributed by atoms with Crippen molar-refractivity contribution < 1.29 is 23.9 Å². The first-order chi connectivity index (χ1) is 15.1. The molecule has 6 atom stereocenters. The van der Waals surface area contributed by atoms with Crippen molar-refractivity contribution in [2.45, 2.75) is 85.0 Å². The molecule has 0 aromatic carbocycles. The van der Waals surface area contributed by atoms with Gasteiger partial charge in [0.25, 0.3) is 0 Å². The highest BCUT2D eigenvalue weighted by atomic mass is 16.5. The van der Waals surface area contributed by atoms with E-state index in [2.05, 4.69) is 13.8 Å². The van der Waals surface area contributed by atoms with Crippen molar-refractivity contribution in [3.05, 3.63) is 11.6 Å². The molecule has 0 N–H and O–H groups in total. The molecule has 4 rings (SSSR count). The first-order valence-corrected chi connectivity index (χ1v) is 10.0. The van der Waals surface area contributed by atoms with Crippen molar-refractivity contribution in [1.29, 1.82) is 0 Å². The van der Waals surface area contributed by atoms with Crippen molar-refractivity contribution in [2.24, 2.45) is 34.5 Å². The second kappa shape index (κ2) is 6.21. The molecular formula is C23H34O3. The molecule has 0 radical (unpaired) electrons. The minimum absolute atomic E-state index is 0.0196. The summed E-state index contributed by atoms with van der Waals surface area (Å²) < 4.78 is 59.2. The highest BCUT2D eigenvalue weighted by molar-refractivity contribution is 5.91. The van der Waals surface area contributed by atoms with Crippen LogP contribution < -0.4 is 0 Å². The number of hydrogen-bond donors (Lipinski definition) is 0. The summed E-state index contributed by atoms with van der Waals surface area (Å²) in [5, 5.41) is 0. The summed E-state index contributed by atoms with van der Waals surface area (Å²) in [5.41, 5.74) is 0.925. The number of carbonyl (C=O) groups is 2. The van der Waals surface area contributed by atoms with Crippen LogP contribution in [-0.2, 0) is 14.3 Å². The lowest BCUT2D eigenvalue weighted by Gasteiger charge is -2.57. The van der Waals surface area contributed by atoms with Gasteiger partial charge in [-0.1, -0.05) is 33.1 Å². The van der Waals surface area contributed by atoms with Gasteiger partial charge in [-0.15, -0.1) is 0 Å². The van der Waals surface area contributed by atoms with Crippen molar-refractivity contribution >= 4 is 11.8 Å². The first-order valence-electron chi connectivity index (χ1n) is 13.5. The third-order valence-electron chi connectivity index (χ3n) is 8.33. The Labute approximate surface area is 167 Å². The lowest BCUT2D eigenvalue weighted by molar-refractivity contribution is -0.163. The van der Waals surface area contributed by atoms with E-state index in [1.165, 1.54) is 5.57 Å². The molecule has 144 valence electrons. The molecule has 26 heavy (non-hydrogen) atoms. The van der Waals surface area contributed by atoms with E-state index < -0.39 is 31.7 Å². The molecule has 0 aromatic rings. The van der Waals surface area contributed by atoms with Gasteiger partial charge >= 0.3 is 5.97 Å². The van der Waals surface area contributed by atoms with E-state index in [-0.39, 0.29) is 22.5 Å². The van der Waals surface area contributed by atoms with Gasteiger partial charge in [0, 0.05) is 21.4 Å². The summed E-state index contributed by atoms with van der Waals surface area (Å²) in [5.74, 6) is -3.39. The molecule has 0 amide bonds. The number of allylic oxidation sites excluding steroid dienone is 1. The Bertz CT molecular complexity index is 862. The Morgan fingerprint density at radius 3 is 2.77 bits per heavy atom. The standard InChI is InChI=1S/C23H34O3/c1-14(2)21(25)26-20-8-7-18-17-6-5-15-13-16(24)9-11-22(15,3)19(17)10-12-23(18,20)4/h13-14,17-20H,5-12H2,1-4H3/t17-,18-,19-,20-,22-,23-/m1/s1/i1D3,2D3,14D. The van der Waals surface area contributed by atoms with Crippen LogP contribution in [0, 0.1) is 34.5 Å². The molecular weight excluding hydrogens is 324 g/mol. The summed E-state index contributed by atoms with van der Waals surface area (Å²) in [6, 6.07) is 0. The van der Waals surface area contributed by atoms with E-state index in [4.69, 9.17) is 14.3 Å². The highest BCUT2D eigenvalue weighted by Gasteiger charge is 2.59. The molecule has 0 bridgehead atoms. The summed E-state index contributed by atoms with van der Waals surface area (Å²) in [6.07, 6.45) is 7.70. The van der Waals surface area contributed by atoms with Crippen LogP contribution >= 0.6 is 0 Å². The molecule has 4 aliphatic carbocycles. The van der Waals surface area contributed by atoms with Crippen LogP contribution in [0.1, 0.15) is 88.5 Å². The Morgan fingerprint density at radius 1 is 1.19 bits per heavy atom. The normalized spacial score (nSPS) is 50.2. The van der Waals surface area contributed by atoms with E-state index in [0.717, 1.165) is 38.5 Å². The third kappa shape index (κ3) is 2.60. The third-order valence-corrected chi connectivity index (χ3v) is 8.33. The van der Waals surface area contributed by atoms with Gasteiger partial charge in [-0.3, -0.25) is 9.59 Å². The molecule has 4 aliphatic rings. The van der Waals surface area contributed by atoms with Crippen LogP contribution in [-0.4, -0.2) is 17.9 Å². The zero-order valence-electron chi connectivity index (χ0n) is 22.8. The Morgan fingerprint density at radius 2 is 2.00 bits per heavy atom. The van der Waals surface area contributed by atoms with Gasteiger partial charge in [-0.2, -0.15) is 0 Å². The zero-order chi connectivity index (χ0) is 24.6. The Hall–Kier alpha value is -1.12. The van der Waals surface area contributed by atoms with E-state index >= 15 is 0 Å². The van der Waals surface area contributed by atoms with Crippen molar-refractivity contribution in [2.75, 3.05) is 0 Å². The molecule has 0 saturated heterocycles. The van der Waals surface area contributed by atoms with Crippen molar-refractivity contribution in [1.82, 2.24) is 0 Å². The molecule has 3 saturated carbocycles. The van der Waals surface area contributed by atoms with Crippen LogP contribution in [0.15, 0.2) is 11.6 Å². The topological polar surface area (TPSA) is 43.4 Å². The SMILES string of the molecule is [2H]C([2H])([2H])C([2H])(C(=O)O[C@@H]1CC[C@@H]2[C@H]3CCC4=CC(=O)CC[C@@]4(C)[C@@H]3CC[C@]21C)C([2H])([2H])[2H]. The predicted molar refractivity (Wildman–Crippen MR) is 101 cm³/mol. The zero-order valence-corrected chi connectivity index (χ0v) is 15.8. The van der Waals surface area contributed by atoms with E-state index in [1.54, 1.807) is 0 Å². The summed E-state index contributed by atoms with van der Waals surface area (Å²) in [7, 11) is 0. The molecule has 3 nitrogen and oxygen atoms in total. The molecule has 0 unspecified atom stereocenters. The summed E-state index contributed by atoms with van der Waals surface area (Å²) in [4.78, 5) is 24.9. The fourth-order valence-electron chi connectivity index (χ4n) is 6.89. The minimum Gasteiger partial charge on any atom is -0.462 e. The van der Waals surface area contributed by atoms with Crippen LogP contribution in [0.25, 0.3) is 0 Å². The Balaban J connectivity index is 1.57. The fraction of sp³-hybridized carbons (Fsp3) is 0.826. The second-order valence-corrected chi connectivity index (χ2v) is 9.36. The molecule has 3 fully saturated rings. The number of ether oxygens (including phenoxy) is 1. The molecule has 0 aliphatic heterocycles. The van der Waals surface area contributed by atoms with Crippen LogP contribution in [0.5, 0.6) is 0 Å². The van der Waals surface area contributed by atoms with E-state index in [1.807, 2.05) is 6.08 Å². The van der Waals surface area contributed by atoms with Gasteiger partial charge in [0.15, 0.2) is 5.78 Å². The number of hydrogen-bond acceptors (Lipinski definition) is 3. The van der Waals surface area contributed by atoms with Gasteiger partial charge in [0.2, 0.25) is 0 Å². The number of esters is 1. The van der Waals surface area contributed by atoms with Gasteiger partial charge in [0.1, 0.15) is 6.10 Å². The molecule has 0 spiro atoms. The van der Waals surface area contributed by atoms with Crippen molar-refractivity contribution in [3.63, 3.8) is 0 Å². The molecule has 3 heteroatoms. The minimum atomic E-state index is -3.33. The van der Waals surface area contributed by atoms with Crippen LogP contribution in [0.2, 0.25) is 0 Å². The molecule has 0 aromatic heterocycles. The smallest absolute Gasteiger partial charge is 0.308 e. The monoisotopic (exact) mass is 365 g/mol. The van der Waals surface area contributed by atoms with Gasteiger partial charge in [0.05, 0.1) is 5.89 Å². The van der Waals surface area contributed by atoms with Crippen molar-refractivity contribution in [3.8, 4) is 0 Å². The quantitative estimate of drug-likeness (QED) is 0.640. The maximum atomic E-state index is 12.9. The van der Waals surface area contributed by atoms with Gasteiger partial charge in [-0.05, 0) is 74.2 Å². The average molecular weight is 366 g/mol. The van der Waals surface area contributed by atoms with Crippen LogP contribution in [0.3, 0.4) is 0 Å². The number of rotatable bonds is 2. The fourth-order valence-corrected chi connectivity index (χ4v) is 6.89. The second-order valence-electron chi connectivity index (χ2n) is 9.36. The van der Waals surface area contributed by atoms with Gasteiger partial charge in [-0.25, -0.2) is 0 Å². The average Bonchev–Trinajstić information content (AvgIpc) is 3.02. The van der Waals surface area contributed by atoms with Crippen LogP contribution in [0.4, 0.5) is 0 Å². The number of carbonyl (C=O) groups excluding carboxylic acids is 2. The number of fused-ring (bicyclic) bond motifs is 5. The maximum Gasteiger partial charge on any atom is 0.308 e. The molecule has 0 heterocycles. The lowest BCUT2D eigenvalue weighted by atomic mass is 9.47.